The molecule has 0 unspecified atom stereocenters. The van der Waals surface area contributed by atoms with E-state index >= 15 is 0 Å². The van der Waals surface area contributed by atoms with E-state index in [0.29, 0.717) is 0 Å². The van der Waals surface area contributed by atoms with Crippen molar-refractivity contribution in [2.75, 3.05) is 27.2 Å². The van der Waals surface area contributed by atoms with Crippen LogP contribution in [-0.2, 0) is 6.54 Å². The summed E-state index contributed by atoms with van der Waals surface area (Å²) in [7, 11) is 4.72. The molecular formula is C23H44BrNO. The second-order valence-corrected chi connectivity index (χ2v) is 7.80. The maximum absolute atomic E-state index is 7.57. The molecule has 0 aromatic heterocycles. The van der Waals surface area contributed by atoms with Crippen molar-refractivity contribution >= 4 is 0 Å². The first-order valence-corrected chi connectivity index (χ1v) is 10.5. The van der Waals surface area contributed by atoms with Crippen LogP contribution in [0.4, 0.5) is 0 Å². The molecule has 1 aromatic rings. The van der Waals surface area contributed by atoms with Gasteiger partial charge in [-0.2, -0.15) is 0 Å². The Morgan fingerprint density at radius 3 is 1.62 bits per heavy atom. The van der Waals surface area contributed by atoms with E-state index in [4.69, 9.17) is 5.11 Å². The predicted octanol–water partition coefficient (Wildman–Crippen LogP) is 3.19. The molecule has 1 aromatic carbocycles. The topological polar surface area (TPSA) is 20.2 Å². The van der Waals surface area contributed by atoms with Gasteiger partial charge in [0.05, 0.1) is 20.6 Å². The van der Waals surface area contributed by atoms with Gasteiger partial charge < -0.3 is 26.6 Å². The number of quaternary nitrogens is 1. The summed E-state index contributed by atoms with van der Waals surface area (Å²) in [4.78, 5) is 0. The molecule has 0 amide bonds. The molecule has 3 heteroatoms. The average Bonchev–Trinajstić information content (AvgIpc) is 2.58. The number of benzene rings is 1. The van der Waals surface area contributed by atoms with E-state index in [9.17, 15) is 0 Å². The van der Waals surface area contributed by atoms with Crippen molar-refractivity contribution < 1.29 is 26.6 Å². The Kier molecular flexibility index (Phi) is 20.8. The van der Waals surface area contributed by atoms with Crippen molar-refractivity contribution in [1.29, 1.82) is 0 Å². The van der Waals surface area contributed by atoms with Crippen LogP contribution in [0.2, 0.25) is 0 Å². The van der Waals surface area contributed by atoms with Gasteiger partial charge in [0, 0.05) is 12.2 Å². The SMILES string of the molecule is CCCCCCCCCCCC[N+](C)(C)Cc1ccccc1.CCO.[Br-]. The number of hydrogen-bond acceptors (Lipinski definition) is 1. The number of unbranched alkanes of at least 4 members (excludes halogenated alkanes) is 9. The molecule has 0 bridgehead atoms. The molecule has 0 radical (unpaired) electrons. The van der Waals surface area contributed by atoms with E-state index in [0.717, 1.165) is 11.0 Å². The lowest BCUT2D eigenvalue weighted by molar-refractivity contribution is -0.903. The molecule has 2 nitrogen and oxygen atoms in total. The van der Waals surface area contributed by atoms with Crippen LogP contribution in [0.1, 0.15) is 83.6 Å². The van der Waals surface area contributed by atoms with E-state index in [1.807, 2.05) is 0 Å². The number of hydrogen-bond donors (Lipinski definition) is 1. The summed E-state index contributed by atoms with van der Waals surface area (Å²) in [5, 5.41) is 7.57. The lowest BCUT2D eigenvalue weighted by atomic mass is 10.1. The molecule has 0 saturated carbocycles. The van der Waals surface area contributed by atoms with E-state index in [1.165, 1.54) is 76.3 Å². The zero-order chi connectivity index (χ0) is 18.8. The third-order valence-electron chi connectivity index (χ3n) is 4.57. The minimum Gasteiger partial charge on any atom is -1.00 e. The minimum absolute atomic E-state index is 0. The molecule has 26 heavy (non-hydrogen) atoms. The summed E-state index contributed by atoms with van der Waals surface area (Å²) < 4.78 is 1.11. The maximum atomic E-state index is 7.57. The molecular weight excluding hydrogens is 386 g/mol. The van der Waals surface area contributed by atoms with Crippen LogP contribution < -0.4 is 17.0 Å². The molecule has 0 aliphatic rings. The summed E-state index contributed by atoms with van der Waals surface area (Å²) in [6.07, 6.45) is 14.2. The molecule has 0 aliphatic carbocycles. The average molecular weight is 431 g/mol. The predicted molar refractivity (Wildman–Crippen MR) is 112 cm³/mol. The molecule has 0 fully saturated rings. The van der Waals surface area contributed by atoms with E-state index in [-0.39, 0.29) is 23.6 Å². The van der Waals surface area contributed by atoms with Crippen molar-refractivity contribution in [2.24, 2.45) is 0 Å². The van der Waals surface area contributed by atoms with Crippen molar-refractivity contribution in [2.45, 2.75) is 84.6 Å². The fourth-order valence-corrected chi connectivity index (χ4v) is 3.18. The fraction of sp³-hybridized carbons (Fsp3) is 0.739. The summed E-state index contributed by atoms with van der Waals surface area (Å²) in [6, 6.07) is 10.9. The van der Waals surface area contributed by atoms with E-state index in [2.05, 4.69) is 51.4 Å². The third-order valence-corrected chi connectivity index (χ3v) is 4.57. The Morgan fingerprint density at radius 1 is 0.731 bits per heavy atom. The fourth-order valence-electron chi connectivity index (χ4n) is 3.18. The molecule has 0 spiro atoms. The number of rotatable bonds is 13. The monoisotopic (exact) mass is 429 g/mol. The van der Waals surface area contributed by atoms with Crippen molar-refractivity contribution in [3.8, 4) is 0 Å². The zero-order valence-electron chi connectivity index (χ0n) is 17.9. The first kappa shape index (κ1) is 27.8. The number of aliphatic hydroxyl groups is 1. The summed E-state index contributed by atoms with van der Waals surface area (Å²) >= 11 is 0. The largest absolute Gasteiger partial charge is 1.00 e. The number of halogens is 1. The van der Waals surface area contributed by atoms with Crippen LogP contribution in [-0.4, -0.2) is 36.8 Å². The molecule has 1 rings (SSSR count). The van der Waals surface area contributed by atoms with Gasteiger partial charge in [0.1, 0.15) is 6.54 Å². The van der Waals surface area contributed by atoms with Crippen molar-refractivity contribution in [3.63, 3.8) is 0 Å². The normalized spacial score (nSPS) is 10.7. The van der Waals surface area contributed by atoms with Crippen LogP contribution in [0.5, 0.6) is 0 Å². The van der Waals surface area contributed by atoms with Crippen LogP contribution >= 0.6 is 0 Å². The van der Waals surface area contributed by atoms with Gasteiger partial charge in [0.25, 0.3) is 0 Å². The van der Waals surface area contributed by atoms with Crippen LogP contribution in [0.15, 0.2) is 30.3 Å². The smallest absolute Gasteiger partial charge is 0.104 e. The lowest BCUT2D eigenvalue weighted by Gasteiger charge is -2.30. The number of aliphatic hydroxyl groups excluding tert-OH is 1. The van der Waals surface area contributed by atoms with Gasteiger partial charge in [0.15, 0.2) is 0 Å². The summed E-state index contributed by atoms with van der Waals surface area (Å²) in [5.41, 5.74) is 1.46. The quantitative estimate of drug-likeness (QED) is 0.377. The van der Waals surface area contributed by atoms with E-state index < -0.39 is 0 Å². The van der Waals surface area contributed by atoms with Gasteiger partial charge in [-0.25, -0.2) is 0 Å². The highest BCUT2D eigenvalue weighted by Crippen LogP contribution is 2.13. The molecule has 1 N–H and O–H groups in total. The summed E-state index contributed by atoms with van der Waals surface area (Å²) in [6.45, 7) is 6.67. The van der Waals surface area contributed by atoms with Crippen LogP contribution in [0.3, 0.4) is 0 Å². The molecule has 0 aliphatic heterocycles. The molecule has 0 atom stereocenters. The van der Waals surface area contributed by atoms with Crippen molar-refractivity contribution in [3.05, 3.63) is 35.9 Å². The summed E-state index contributed by atoms with van der Waals surface area (Å²) in [5.74, 6) is 0. The minimum atomic E-state index is 0. The van der Waals surface area contributed by atoms with Gasteiger partial charge in [0.2, 0.25) is 0 Å². The van der Waals surface area contributed by atoms with Crippen LogP contribution in [0.25, 0.3) is 0 Å². The Morgan fingerprint density at radius 2 is 1.15 bits per heavy atom. The highest BCUT2D eigenvalue weighted by Gasteiger charge is 2.14. The van der Waals surface area contributed by atoms with Gasteiger partial charge >= 0.3 is 0 Å². The van der Waals surface area contributed by atoms with Gasteiger partial charge in [-0.05, 0) is 19.8 Å². The first-order chi connectivity index (χ1) is 12.1. The molecule has 0 saturated heterocycles. The Hall–Kier alpha value is -0.380. The highest BCUT2D eigenvalue weighted by molar-refractivity contribution is 5.13. The Labute approximate surface area is 174 Å². The Bertz CT molecular complexity index is 381. The molecule has 154 valence electrons. The highest BCUT2D eigenvalue weighted by atomic mass is 79.9. The molecule has 0 heterocycles. The van der Waals surface area contributed by atoms with Gasteiger partial charge in [-0.3, -0.25) is 0 Å². The number of nitrogens with zero attached hydrogens (tertiary/aromatic N) is 1. The lowest BCUT2D eigenvalue weighted by Crippen LogP contribution is -3.00. The van der Waals surface area contributed by atoms with Gasteiger partial charge in [-0.1, -0.05) is 88.6 Å². The standard InChI is InChI=1S/C21H38N.C2H6O.BrH/c1-4-5-6-7-8-9-10-11-12-16-19-22(2,3)20-21-17-14-13-15-18-21;1-2-3;/h13-15,17-18H,4-12,16,19-20H2,1-3H3;3H,2H2,1H3;1H/q+1;;/p-1. The first-order valence-electron chi connectivity index (χ1n) is 10.5. The second kappa shape index (κ2) is 19.4. The zero-order valence-corrected chi connectivity index (χ0v) is 19.4. The van der Waals surface area contributed by atoms with Crippen molar-refractivity contribution in [1.82, 2.24) is 0 Å². The Balaban J connectivity index is 0. The van der Waals surface area contributed by atoms with Gasteiger partial charge in [-0.15, -0.1) is 0 Å². The maximum Gasteiger partial charge on any atom is 0.104 e. The van der Waals surface area contributed by atoms with E-state index in [1.54, 1.807) is 6.92 Å². The van der Waals surface area contributed by atoms with Crippen LogP contribution in [0, 0.1) is 0 Å². The second-order valence-electron chi connectivity index (χ2n) is 7.80. The third kappa shape index (κ3) is 18.4.